The Morgan fingerprint density at radius 1 is 0.400 bits per heavy atom. The number of fused-ring (bicyclic) bond motifs is 7. The van der Waals surface area contributed by atoms with Crippen LogP contribution in [0.3, 0.4) is 0 Å². The van der Waals surface area contributed by atoms with Crippen LogP contribution in [-0.4, -0.2) is 16.0 Å². The van der Waals surface area contributed by atoms with Gasteiger partial charge in [-0.05, 0) is 164 Å². The predicted octanol–water partition coefficient (Wildman–Crippen LogP) is 23.2. The molecule has 3 saturated carbocycles. The minimum Gasteiger partial charge on any atom is -0.308 e. The summed E-state index contributed by atoms with van der Waals surface area (Å²) in [4.78, 5) is 30.7. The fraction of sp³-hybridized carbons (Fsp3) is 0.317. The molecule has 0 aliphatic heterocycles. The van der Waals surface area contributed by atoms with Crippen molar-refractivity contribution in [3.05, 3.63) is 210 Å². The van der Waals surface area contributed by atoms with E-state index >= 15 is 9.59 Å². The highest BCUT2D eigenvalue weighted by atomic mass is 16.1. The number of carbonyl (C=O) groups is 2. The highest BCUT2D eigenvalue weighted by Crippen LogP contribution is 2.56. The van der Waals surface area contributed by atoms with Gasteiger partial charge in [0.2, 0.25) is 0 Å². The van der Waals surface area contributed by atoms with E-state index < -0.39 is 0 Å². The van der Waals surface area contributed by atoms with Crippen LogP contribution in [0.4, 0.5) is 0 Å². The molecule has 1 atom stereocenters. The van der Waals surface area contributed by atoms with Crippen molar-refractivity contribution >= 4 is 49.7 Å². The van der Waals surface area contributed by atoms with Gasteiger partial charge < -0.3 is 4.40 Å². The topological polar surface area (TPSA) is 38.5 Å². The summed E-state index contributed by atoms with van der Waals surface area (Å²) in [7, 11) is 0. The van der Waals surface area contributed by atoms with Gasteiger partial charge in [0.1, 0.15) is 0 Å². The molecule has 15 rings (SSSR count). The molecule has 9 aromatic carbocycles. The van der Waals surface area contributed by atoms with Crippen LogP contribution in [0.25, 0.3) is 105 Å². The van der Waals surface area contributed by atoms with E-state index in [-0.39, 0.29) is 5.78 Å². The van der Waals surface area contributed by atoms with E-state index in [9.17, 15) is 0 Å². The summed E-state index contributed by atoms with van der Waals surface area (Å²) in [6.45, 7) is 0. The fourth-order valence-electron chi connectivity index (χ4n) is 16.9. The summed E-state index contributed by atoms with van der Waals surface area (Å²) < 4.78 is 2.57. The summed E-state index contributed by atoms with van der Waals surface area (Å²) in [6, 6.07) is 70.4. The lowest BCUT2D eigenvalue weighted by molar-refractivity contribution is 0.0946. The number of carbonyl (C=O) groups excluding carboxylic acids is 2. The predicted molar refractivity (Wildman–Crippen MR) is 356 cm³/mol. The third-order valence-electron chi connectivity index (χ3n) is 21.0. The van der Waals surface area contributed by atoms with Gasteiger partial charge in [0.05, 0.1) is 16.6 Å². The van der Waals surface area contributed by atoms with E-state index in [4.69, 9.17) is 0 Å². The molecule has 0 bridgehead atoms. The molecule has 0 saturated heterocycles. The van der Waals surface area contributed by atoms with Crippen molar-refractivity contribution in [1.82, 2.24) is 4.40 Å². The number of benzene rings is 9. The Balaban J connectivity index is 1.12. The molecule has 0 N–H and O–H groups in total. The maximum Gasteiger partial charge on any atom is 0.163 e. The second-order valence-electron chi connectivity index (χ2n) is 26.2. The Hall–Kier alpha value is -7.88. The van der Waals surface area contributed by atoms with E-state index in [1.54, 1.807) is 0 Å². The minimum absolute atomic E-state index is 0.269. The fourth-order valence-corrected chi connectivity index (χ4v) is 16.9. The van der Waals surface area contributed by atoms with E-state index in [0.29, 0.717) is 36.4 Å². The summed E-state index contributed by atoms with van der Waals surface area (Å²) >= 11 is 0. The molecule has 2 heterocycles. The van der Waals surface area contributed by atoms with Gasteiger partial charge in [-0.25, -0.2) is 0 Å². The van der Waals surface area contributed by atoms with Crippen LogP contribution in [0.5, 0.6) is 0 Å². The van der Waals surface area contributed by atoms with Gasteiger partial charge in [-0.2, -0.15) is 0 Å². The number of hydrogen-bond donors (Lipinski definition) is 0. The van der Waals surface area contributed by atoms with Crippen molar-refractivity contribution in [1.29, 1.82) is 0 Å². The highest BCUT2D eigenvalue weighted by molar-refractivity contribution is 6.33. The van der Waals surface area contributed by atoms with Gasteiger partial charge >= 0.3 is 0 Å². The van der Waals surface area contributed by atoms with E-state index in [0.717, 1.165) is 73.0 Å². The normalized spacial score (nSPS) is 17.5. The molecule has 85 heavy (non-hydrogen) atoms. The van der Waals surface area contributed by atoms with Gasteiger partial charge in [-0.3, -0.25) is 9.59 Å². The van der Waals surface area contributed by atoms with Gasteiger partial charge in [0.15, 0.2) is 11.6 Å². The van der Waals surface area contributed by atoms with Gasteiger partial charge in [0, 0.05) is 45.5 Å². The van der Waals surface area contributed by atoms with Crippen molar-refractivity contribution in [2.75, 3.05) is 0 Å². The van der Waals surface area contributed by atoms with Gasteiger partial charge in [0.25, 0.3) is 0 Å². The summed E-state index contributed by atoms with van der Waals surface area (Å²) in [5.74, 6) is 2.44. The van der Waals surface area contributed by atoms with Crippen LogP contribution in [0.2, 0.25) is 0 Å². The first kappa shape index (κ1) is 53.8. The Labute approximate surface area is 502 Å². The van der Waals surface area contributed by atoms with Crippen LogP contribution in [0.15, 0.2) is 188 Å². The number of Topliss-reactive ketones (excluding diaryl/α,β-unsaturated/α-hetero) is 2. The first-order valence-corrected chi connectivity index (χ1v) is 33.0. The molecule has 1 unspecified atom stereocenters. The standard InChI is InChI=1S/C82H79NO2/c84-76-47-23-42-61(41-22-30-54-26-8-1-9-27-54)66-49-70-74(52-68(66)76)83-75-53-69(77(85)48-55-28-10-2-11-29-55)67(60-39-20-7-21-40-60)50-71(75)81-73(79-64(58-35-16-5-17-36-58)45-25-46-65(79)59-37-18-6-19-38-59)51-72(80(70)82(81)83)78-62(56-31-12-3-13-32-56)43-24-44-63(78)57-33-14-4-15-34-57/h3-6,12-19,24-25,31-38,43-46,49-55,60-61H,1-2,7-11,20-23,26-30,39-42,47-48H2. The molecule has 11 aromatic rings. The third-order valence-corrected chi connectivity index (χ3v) is 21.0. The van der Waals surface area contributed by atoms with E-state index in [2.05, 4.69) is 192 Å². The molecule has 4 aliphatic carbocycles. The number of hydrogen-bond acceptors (Lipinski definition) is 2. The van der Waals surface area contributed by atoms with Crippen LogP contribution in [0, 0.1) is 11.8 Å². The zero-order valence-corrected chi connectivity index (χ0v) is 49.5. The SMILES string of the molecule is O=C1CCCC(CCCC2CCCCC2)c2cc3c4c(-c5c(-c6ccccc6)cccc5-c5ccccc5)cc(-c5c(-c6ccccc6)cccc5-c5ccccc5)c5c6cc(C7CCCCC7)c(C(=O)CC7CCCCC7)cc6n(c3cc21)c45. The maximum atomic E-state index is 15.6. The molecule has 0 radical (unpaired) electrons. The van der Waals surface area contributed by atoms with Crippen molar-refractivity contribution in [2.45, 2.75) is 153 Å². The lowest BCUT2D eigenvalue weighted by atomic mass is 9.78. The smallest absolute Gasteiger partial charge is 0.163 e. The zero-order chi connectivity index (χ0) is 56.8. The monoisotopic (exact) mass is 1110 g/mol. The largest absolute Gasteiger partial charge is 0.308 e. The molecule has 2 aromatic heterocycles. The number of ketones is 2. The Kier molecular flexibility index (Phi) is 14.9. The van der Waals surface area contributed by atoms with Crippen molar-refractivity contribution in [3.8, 4) is 66.8 Å². The second-order valence-corrected chi connectivity index (χ2v) is 26.2. The highest BCUT2D eigenvalue weighted by Gasteiger charge is 2.34. The second kappa shape index (κ2) is 23.5. The lowest BCUT2D eigenvalue weighted by Crippen LogP contribution is -2.16. The molecular formula is C82H79NO2. The molecule has 0 spiro atoms. The van der Waals surface area contributed by atoms with Crippen molar-refractivity contribution in [3.63, 3.8) is 0 Å². The quantitative estimate of drug-likeness (QED) is 0.0804. The molecule has 3 heteroatoms. The Bertz CT molecular complexity index is 4110. The van der Waals surface area contributed by atoms with Gasteiger partial charge in [-0.1, -0.05) is 254 Å². The first-order chi connectivity index (χ1) is 42.0. The molecular weight excluding hydrogens is 1030 g/mol. The van der Waals surface area contributed by atoms with Crippen molar-refractivity contribution in [2.24, 2.45) is 11.8 Å². The number of aromatic nitrogens is 1. The maximum absolute atomic E-state index is 15.6. The van der Waals surface area contributed by atoms with Crippen LogP contribution in [-0.2, 0) is 0 Å². The van der Waals surface area contributed by atoms with E-state index in [1.165, 1.54) is 188 Å². The molecule has 3 fully saturated rings. The molecule has 3 nitrogen and oxygen atoms in total. The number of rotatable bonds is 14. The average Bonchev–Trinajstić information content (AvgIpc) is 1.60. The number of nitrogens with zero attached hydrogens (tertiary/aromatic N) is 1. The molecule has 4 aliphatic rings. The Morgan fingerprint density at radius 2 is 0.859 bits per heavy atom. The lowest BCUT2D eigenvalue weighted by Gasteiger charge is -2.26. The first-order valence-electron chi connectivity index (χ1n) is 33.0. The van der Waals surface area contributed by atoms with Crippen LogP contribution in [0.1, 0.15) is 185 Å². The van der Waals surface area contributed by atoms with Crippen LogP contribution >= 0.6 is 0 Å². The zero-order valence-electron chi connectivity index (χ0n) is 49.5. The van der Waals surface area contributed by atoms with Crippen LogP contribution < -0.4 is 0 Å². The summed E-state index contributed by atoms with van der Waals surface area (Å²) in [5.41, 5.74) is 21.8. The summed E-state index contributed by atoms with van der Waals surface area (Å²) in [5, 5.41) is 4.83. The minimum atomic E-state index is 0.269. The van der Waals surface area contributed by atoms with Crippen molar-refractivity contribution < 1.29 is 9.59 Å². The third kappa shape index (κ3) is 10.0. The van der Waals surface area contributed by atoms with Gasteiger partial charge in [-0.15, -0.1) is 0 Å². The Morgan fingerprint density at radius 3 is 1.36 bits per heavy atom. The molecule has 0 amide bonds. The summed E-state index contributed by atoms with van der Waals surface area (Å²) in [6.07, 6.45) is 25.3. The average molecular weight is 1110 g/mol. The molecule has 424 valence electrons. The van der Waals surface area contributed by atoms with E-state index in [1.807, 2.05) is 0 Å².